The highest BCUT2D eigenvalue weighted by Gasteiger charge is 2.22. The average molecular weight is 406 g/mol. The summed E-state index contributed by atoms with van der Waals surface area (Å²) in [6, 6.07) is 25.4. The molecule has 3 nitrogen and oxygen atoms in total. The van der Waals surface area contributed by atoms with Crippen LogP contribution in [0.5, 0.6) is 0 Å². The van der Waals surface area contributed by atoms with E-state index in [0.717, 1.165) is 32.5 Å². The highest BCUT2D eigenvalue weighted by Crippen LogP contribution is 2.33. The van der Waals surface area contributed by atoms with E-state index in [4.69, 9.17) is 4.52 Å². The predicted octanol–water partition coefficient (Wildman–Crippen LogP) is 5.84. The van der Waals surface area contributed by atoms with E-state index in [0.29, 0.717) is 5.56 Å². The first kappa shape index (κ1) is 16.6. The average Bonchev–Trinajstić information content (AvgIpc) is 3.00. The Labute approximate surface area is 159 Å². The van der Waals surface area contributed by atoms with E-state index in [1.165, 1.54) is 0 Å². The van der Waals surface area contributed by atoms with Crippen LogP contribution >= 0.6 is 15.9 Å². The van der Waals surface area contributed by atoms with Crippen molar-refractivity contribution < 1.29 is 4.52 Å². The predicted molar refractivity (Wildman–Crippen MR) is 108 cm³/mol. The van der Waals surface area contributed by atoms with Gasteiger partial charge in [-0.05, 0) is 36.2 Å². The van der Waals surface area contributed by atoms with Crippen LogP contribution in [0.3, 0.4) is 0 Å². The SMILES string of the molecule is Cc1cc(Br)ccc1-n1oc(=O)c(-c2ccccc2)c1-c1ccccc1. The van der Waals surface area contributed by atoms with Crippen molar-refractivity contribution in [2.75, 3.05) is 0 Å². The largest absolute Gasteiger partial charge is 0.366 e. The highest BCUT2D eigenvalue weighted by atomic mass is 79.9. The second-order valence-electron chi connectivity index (χ2n) is 6.06. The lowest BCUT2D eigenvalue weighted by molar-refractivity contribution is 0.326. The quantitative estimate of drug-likeness (QED) is 0.429. The lowest BCUT2D eigenvalue weighted by Crippen LogP contribution is -1.99. The van der Waals surface area contributed by atoms with E-state index >= 15 is 0 Å². The first-order valence-corrected chi connectivity index (χ1v) is 9.08. The summed E-state index contributed by atoms with van der Waals surface area (Å²) in [5, 5.41) is 0. The molecule has 1 aromatic heterocycles. The molecule has 0 saturated carbocycles. The molecule has 0 aliphatic heterocycles. The summed E-state index contributed by atoms with van der Waals surface area (Å²) in [5.41, 5.74) is 4.60. The zero-order valence-electron chi connectivity index (χ0n) is 14.1. The Bertz CT molecular complexity index is 1110. The molecule has 0 aliphatic carbocycles. The van der Waals surface area contributed by atoms with Gasteiger partial charge in [0.25, 0.3) is 0 Å². The van der Waals surface area contributed by atoms with Crippen molar-refractivity contribution in [3.63, 3.8) is 0 Å². The Hall–Kier alpha value is -2.85. The fourth-order valence-electron chi connectivity index (χ4n) is 3.11. The highest BCUT2D eigenvalue weighted by molar-refractivity contribution is 9.10. The molecule has 26 heavy (non-hydrogen) atoms. The number of aryl methyl sites for hydroxylation is 1. The molecule has 128 valence electrons. The first-order valence-electron chi connectivity index (χ1n) is 8.29. The number of hydrogen-bond acceptors (Lipinski definition) is 2. The zero-order valence-corrected chi connectivity index (χ0v) is 15.7. The Balaban J connectivity index is 2.06. The molecule has 0 bridgehead atoms. The van der Waals surface area contributed by atoms with Crippen LogP contribution in [0, 0.1) is 6.92 Å². The number of halogens is 1. The van der Waals surface area contributed by atoms with E-state index in [9.17, 15) is 4.79 Å². The van der Waals surface area contributed by atoms with Crippen molar-refractivity contribution in [1.29, 1.82) is 0 Å². The number of benzene rings is 3. The van der Waals surface area contributed by atoms with Crippen LogP contribution in [0.2, 0.25) is 0 Å². The van der Waals surface area contributed by atoms with Gasteiger partial charge in [0.1, 0.15) is 5.69 Å². The van der Waals surface area contributed by atoms with E-state index in [2.05, 4.69) is 15.9 Å². The van der Waals surface area contributed by atoms with Crippen molar-refractivity contribution >= 4 is 15.9 Å². The maximum Gasteiger partial charge on any atom is 0.366 e. The number of aromatic nitrogens is 1. The van der Waals surface area contributed by atoms with E-state index < -0.39 is 0 Å². The van der Waals surface area contributed by atoms with Crippen LogP contribution in [0.4, 0.5) is 0 Å². The molecule has 4 heteroatoms. The summed E-state index contributed by atoms with van der Waals surface area (Å²) in [6.07, 6.45) is 0. The number of hydrogen-bond donors (Lipinski definition) is 0. The van der Waals surface area contributed by atoms with Gasteiger partial charge in [-0.3, -0.25) is 0 Å². The maximum absolute atomic E-state index is 12.8. The number of nitrogens with zero attached hydrogens (tertiary/aromatic N) is 1. The van der Waals surface area contributed by atoms with Gasteiger partial charge in [0.2, 0.25) is 0 Å². The standard InChI is InChI=1S/C22H16BrNO2/c1-15-14-18(23)12-13-19(15)24-21(17-10-6-3-7-11-17)20(22(25)26-24)16-8-4-2-5-9-16/h2-14H,1H3. The van der Waals surface area contributed by atoms with Crippen LogP contribution in [-0.2, 0) is 0 Å². The van der Waals surface area contributed by atoms with Crippen molar-refractivity contribution in [2.45, 2.75) is 6.92 Å². The van der Waals surface area contributed by atoms with Gasteiger partial charge in [0, 0.05) is 10.0 Å². The summed E-state index contributed by atoms with van der Waals surface area (Å²) >= 11 is 3.49. The fraction of sp³-hybridized carbons (Fsp3) is 0.0455. The lowest BCUT2D eigenvalue weighted by atomic mass is 10.0. The van der Waals surface area contributed by atoms with Gasteiger partial charge in [-0.15, -0.1) is 0 Å². The van der Waals surface area contributed by atoms with Crippen LogP contribution in [0.15, 0.2) is 92.7 Å². The summed E-state index contributed by atoms with van der Waals surface area (Å²) in [7, 11) is 0. The number of rotatable bonds is 3. The molecule has 0 radical (unpaired) electrons. The third-order valence-electron chi connectivity index (χ3n) is 4.31. The molecule has 0 fully saturated rings. The molecule has 0 atom stereocenters. The Kier molecular flexibility index (Phi) is 4.35. The van der Waals surface area contributed by atoms with Crippen LogP contribution in [-0.4, -0.2) is 4.74 Å². The van der Waals surface area contributed by atoms with E-state index in [1.54, 1.807) is 4.74 Å². The Morgan fingerprint density at radius 1 is 0.846 bits per heavy atom. The van der Waals surface area contributed by atoms with Crippen molar-refractivity contribution in [3.8, 4) is 28.1 Å². The topological polar surface area (TPSA) is 35.1 Å². The third kappa shape index (κ3) is 2.93. The van der Waals surface area contributed by atoms with Gasteiger partial charge < -0.3 is 4.52 Å². The van der Waals surface area contributed by atoms with Crippen LogP contribution < -0.4 is 5.63 Å². The smallest absolute Gasteiger partial charge is 0.330 e. The molecule has 0 unspecified atom stereocenters. The van der Waals surface area contributed by atoms with Gasteiger partial charge >= 0.3 is 5.63 Å². The van der Waals surface area contributed by atoms with Crippen molar-refractivity contribution in [2.24, 2.45) is 0 Å². The normalized spacial score (nSPS) is 10.8. The molecule has 4 aromatic rings. The second-order valence-corrected chi connectivity index (χ2v) is 6.98. The second kappa shape index (κ2) is 6.81. The molecular weight excluding hydrogens is 390 g/mol. The van der Waals surface area contributed by atoms with Gasteiger partial charge in [-0.25, -0.2) is 4.79 Å². The van der Waals surface area contributed by atoms with Gasteiger partial charge in [0.15, 0.2) is 0 Å². The Morgan fingerprint density at radius 2 is 1.46 bits per heavy atom. The molecule has 0 spiro atoms. The van der Waals surface area contributed by atoms with Crippen LogP contribution in [0.25, 0.3) is 28.1 Å². The summed E-state index contributed by atoms with van der Waals surface area (Å²) in [5.74, 6) is 0. The molecule has 3 aromatic carbocycles. The van der Waals surface area contributed by atoms with Crippen molar-refractivity contribution in [3.05, 3.63) is 99.3 Å². The molecule has 0 N–H and O–H groups in total. The monoisotopic (exact) mass is 405 g/mol. The van der Waals surface area contributed by atoms with Crippen LogP contribution in [0.1, 0.15) is 5.56 Å². The minimum Gasteiger partial charge on any atom is -0.330 e. The molecule has 0 aliphatic rings. The van der Waals surface area contributed by atoms with Gasteiger partial charge in [0.05, 0.1) is 11.3 Å². The molecule has 0 amide bonds. The Morgan fingerprint density at radius 3 is 2.08 bits per heavy atom. The summed E-state index contributed by atoms with van der Waals surface area (Å²) in [6.45, 7) is 2.00. The molecule has 0 saturated heterocycles. The maximum atomic E-state index is 12.8. The first-order chi connectivity index (χ1) is 12.6. The van der Waals surface area contributed by atoms with E-state index in [-0.39, 0.29) is 5.63 Å². The van der Waals surface area contributed by atoms with E-state index in [1.807, 2.05) is 85.8 Å². The minimum absolute atomic E-state index is 0.350. The summed E-state index contributed by atoms with van der Waals surface area (Å²) < 4.78 is 8.33. The summed E-state index contributed by atoms with van der Waals surface area (Å²) in [4.78, 5) is 12.8. The lowest BCUT2D eigenvalue weighted by Gasteiger charge is -2.11. The van der Waals surface area contributed by atoms with Crippen molar-refractivity contribution in [1.82, 2.24) is 4.74 Å². The van der Waals surface area contributed by atoms with Gasteiger partial charge in [-0.2, -0.15) is 4.74 Å². The molecule has 1 heterocycles. The zero-order chi connectivity index (χ0) is 18.1. The minimum atomic E-state index is -0.350. The molecular formula is C22H16BrNO2. The fourth-order valence-corrected chi connectivity index (χ4v) is 3.58. The third-order valence-corrected chi connectivity index (χ3v) is 4.80. The van der Waals surface area contributed by atoms with Gasteiger partial charge in [-0.1, -0.05) is 76.6 Å². The molecule has 4 rings (SSSR count).